The summed E-state index contributed by atoms with van der Waals surface area (Å²) in [7, 11) is 0. The van der Waals surface area contributed by atoms with Crippen molar-refractivity contribution in [1.29, 1.82) is 0 Å². The standard InChI is InChI=1S/C94H133N13O37S3/c1-11-95-70(108)22-18-13-12-17-21-66-67(26-25-62(24-23-61-19-15-14-16-20-61)139-83(121)58-129-73(111)29-32-76(114)142-65(48-98-94(8,9)10)51-138-91-88(101-147-104-91)107-37-43-126-44-38-107)69(144-85(123)60-135-82(120)57-133-80(118)55-131-78(116)53-128-72(110)28-31-75(113)141-64(47-97-93(5,6)7)50-137-90-87(100-146-103-90)106-35-41-125-42-36-106)45-68(66)143-84(122)59-134-81(119)56-132-79(117)54-130-77(115)52-127-71(109)27-30-74(112)140-63(46-96-92(2,3)4)49-136-89-86(99-145-102-89)105-33-39-124-40-34-105/h12,14-17,19-20,25-26,62-69,96-98H,11,13,18,21-24,27-60H2,1-10H3,(H,95,108)/b17-12-,26-25+/t62-,63-,64-,65-,66+,67+,68-,69+/m0/s1. The van der Waals surface area contributed by atoms with Gasteiger partial charge >= 0.3 is 89.5 Å². The molecule has 0 unspecified atom stereocenters. The van der Waals surface area contributed by atoms with Crippen LogP contribution in [0.4, 0.5) is 17.5 Å². The Labute approximate surface area is 862 Å². The quantitative estimate of drug-likeness (QED) is 0.0213. The first-order valence-electron chi connectivity index (χ1n) is 48.1. The van der Waals surface area contributed by atoms with Gasteiger partial charge in [0.25, 0.3) is 17.6 Å². The lowest BCUT2D eigenvalue weighted by Gasteiger charge is -2.27. The highest BCUT2D eigenvalue weighted by molar-refractivity contribution is 7.00. The van der Waals surface area contributed by atoms with Gasteiger partial charge in [-0.15, -0.1) is 13.1 Å². The number of esters is 15. The van der Waals surface area contributed by atoms with Crippen molar-refractivity contribution in [2.24, 2.45) is 11.8 Å². The van der Waals surface area contributed by atoms with Crippen LogP contribution in [-0.2, 0) is 168 Å². The van der Waals surface area contributed by atoms with Crippen LogP contribution in [0.2, 0.25) is 0 Å². The van der Waals surface area contributed by atoms with Crippen molar-refractivity contribution < 1.29 is 176 Å². The minimum absolute atomic E-state index is 0.0278. The monoisotopic (exact) mass is 2130 g/mol. The average Bonchev–Trinajstić information content (AvgIpc) is 1.66. The number of aryl methyl sites for hydroxylation is 1. The molecular weight excluding hydrogens is 2000 g/mol. The number of unbranched alkanes of at least 4 members (excludes halogenated alkanes) is 1. The van der Waals surface area contributed by atoms with Crippen molar-refractivity contribution in [3.63, 3.8) is 0 Å². The first-order valence-corrected chi connectivity index (χ1v) is 50.3. The third-order valence-electron chi connectivity index (χ3n) is 21.3. The summed E-state index contributed by atoms with van der Waals surface area (Å²) in [5.41, 5.74) is -0.362. The van der Waals surface area contributed by atoms with Gasteiger partial charge in [0.05, 0.1) is 113 Å². The topological polar surface area (TPSA) is 602 Å². The van der Waals surface area contributed by atoms with Gasteiger partial charge < -0.3 is 135 Å². The lowest BCUT2D eigenvalue weighted by atomic mass is 9.89. The van der Waals surface area contributed by atoms with Crippen LogP contribution in [-0.4, -0.2) is 359 Å². The van der Waals surface area contributed by atoms with Gasteiger partial charge in [-0.1, -0.05) is 48.6 Å². The molecule has 8 rings (SSSR count). The summed E-state index contributed by atoms with van der Waals surface area (Å²) in [6, 6.07) is 9.01. The van der Waals surface area contributed by atoms with Gasteiger partial charge in [-0.05, 0) is 113 Å². The Balaban J connectivity index is 0.865. The molecule has 0 spiro atoms. The number of amides is 1. The summed E-state index contributed by atoms with van der Waals surface area (Å²) < 4.78 is 140. The van der Waals surface area contributed by atoms with Crippen LogP contribution in [0.1, 0.15) is 152 Å². The molecule has 1 aromatic carbocycles. The van der Waals surface area contributed by atoms with Gasteiger partial charge in [0.15, 0.2) is 59.5 Å². The molecule has 814 valence electrons. The SMILES string of the molecule is CCNC(=O)CCC/C=C\C[C@@H]1[C@@H](/C=C/[C@H](CCc2ccccc2)OC(=O)COC(=O)CCC(=O)O[C@@H](CNC(C)(C)C)COc2nsnc2N2CCOCC2)[C@H](OC(=O)COC(=O)COC(=O)COC(=O)COC(=O)CCC(=O)O[C@@H](CNC(C)(C)C)COc2nsnc2N2CCOCC2)C[C@@H]1OC(=O)COC(=O)COC(=O)COC(=O)COC(=O)CCC(=O)O[C@@H](CNC(C)(C)C)COc1nsnc1N1CCOCC1. The molecule has 8 atom stereocenters. The number of nitrogens with zero attached hydrogens (tertiary/aromatic N) is 9. The molecule has 147 heavy (non-hydrogen) atoms. The zero-order valence-electron chi connectivity index (χ0n) is 84.2. The number of anilines is 3. The maximum atomic E-state index is 14.0. The second-order valence-corrected chi connectivity index (χ2v) is 38.2. The van der Waals surface area contributed by atoms with Gasteiger partial charge in [-0.3, -0.25) is 33.6 Å². The predicted molar refractivity (Wildman–Crippen MR) is 516 cm³/mol. The summed E-state index contributed by atoms with van der Waals surface area (Å²) in [5.74, 6) is -16.1. The van der Waals surface area contributed by atoms with E-state index in [-0.39, 0.29) is 106 Å². The zero-order chi connectivity index (χ0) is 107. The molecule has 1 aliphatic carbocycles. The summed E-state index contributed by atoms with van der Waals surface area (Å²) in [6.45, 7) is 16.3. The van der Waals surface area contributed by atoms with E-state index in [4.69, 9.17) is 99.5 Å². The highest BCUT2D eigenvalue weighted by atomic mass is 32.1. The molecule has 53 heteroatoms. The normalized spacial score (nSPS) is 16.7. The minimum atomic E-state index is -1.31. The van der Waals surface area contributed by atoms with E-state index >= 15 is 0 Å². The van der Waals surface area contributed by atoms with Crippen molar-refractivity contribution in [2.75, 3.05) is 199 Å². The number of carbonyl (C=O) groups excluding carboxylic acids is 16. The van der Waals surface area contributed by atoms with E-state index in [1.807, 2.05) is 89.1 Å². The second-order valence-electron chi connectivity index (χ2n) is 36.6. The Morgan fingerprint density at radius 1 is 0.401 bits per heavy atom. The van der Waals surface area contributed by atoms with Crippen LogP contribution in [0.15, 0.2) is 54.6 Å². The molecule has 4 aromatic rings. The van der Waals surface area contributed by atoms with E-state index in [2.05, 4.69) is 47.5 Å². The second kappa shape index (κ2) is 63.9. The molecule has 6 heterocycles. The van der Waals surface area contributed by atoms with E-state index in [0.717, 1.165) is 40.7 Å². The van der Waals surface area contributed by atoms with Crippen LogP contribution in [0.5, 0.6) is 17.6 Å². The largest absolute Gasteiger partial charge is 0.470 e. The molecule has 3 aliphatic heterocycles. The number of hydrogen-bond donors (Lipinski definition) is 4. The molecule has 4 aliphatic rings. The lowest BCUT2D eigenvalue weighted by Crippen LogP contribution is -2.44. The molecule has 1 saturated carbocycles. The smallest absolute Gasteiger partial charge is 0.344 e. The van der Waals surface area contributed by atoms with Crippen LogP contribution < -0.4 is 50.2 Å². The van der Waals surface area contributed by atoms with Gasteiger partial charge in [0.2, 0.25) is 23.4 Å². The van der Waals surface area contributed by atoms with Crippen LogP contribution >= 0.6 is 35.2 Å². The summed E-state index contributed by atoms with van der Waals surface area (Å²) in [4.78, 5) is 215. The Kier molecular flexibility index (Phi) is 52.0. The summed E-state index contributed by atoms with van der Waals surface area (Å²) in [6.07, 6.45) is -1.68. The lowest BCUT2D eigenvalue weighted by molar-refractivity contribution is -0.172. The highest BCUT2D eigenvalue weighted by Gasteiger charge is 2.46. The Morgan fingerprint density at radius 2 is 0.735 bits per heavy atom. The van der Waals surface area contributed by atoms with E-state index in [9.17, 15) is 76.7 Å². The molecule has 0 radical (unpaired) electrons. The van der Waals surface area contributed by atoms with E-state index < -0.39 is 242 Å². The molecular formula is C94H133N13O37S3. The van der Waals surface area contributed by atoms with E-state index in [1.54, 1.807) is 37.3 Å². The first-order chi connectivity index (χ1) is 70.3. The molecule has 50 nitrogen and oxygen atoms in total. The van der Waals surface area contributed by atoms with Crippen molar-refractivity contribution in [1.82, 2.24) is 47.5 Å². The molecule has 0 bridgehead atoms. The number of allylic oxidation sites excluding steroid dienone is 2. The number of carbonyl (C=O) groups is 16. The first kappa shape index (κ1) is 120. The minimum Gasteiger partial charge on any atom is -0.470 e. The van der Waals surface area contributed by atoms with Gasteiger partial charge in [0.1, 0.15) is 56.4 Å². The van der Waals surface area contributed by atoms with Crippen LogP contribution in [0.3, 0.4) is 0 Å². The van der Waals surface area contributed by atoms with Gasteiger partial charge in [-0.2, -0.15) is 13.1 Å². The van der Waals surface area contributed by atoms with Crippen molar-refractivity contribution in [3.05, 3.63) is 60.2 Å². The average molecular weight is 2130 g/mol. The third-order valence-corrected chi connectivity index (χ3v) is 22.8. The number of aromatic nitrogens is 6. The van der Waals surface area contributed by atoms with E-state index in [1.165, 1.54) is 12.2 Å². The maximum absolute atomic E-state index is 14.0. The number of ether oxygens (including phenoxy) is 21. The molecule has 4 N–H and O–H groups in total. The van der Waals surface area contributed by atoms with Crippen LogP contribution in [0, 0.1) is 11.8 Å². The van der Waals surface area contributed by atoms with Crippen molar-refractivity contribution >= 4 is 148 Å². The molecule has 1 amide bonds. The van der Waals surface area contributed by atoms with Gasteiger partial charge in [-0.25, -0.2) is 43.2 Å². The maximum Gasteiger partial charge on any atom is 0.344 e. The molecule has 3 aromatic heterocycles. The Morgan fingerprint density at radius 3 is 1.09 bits per heavy atom. The predicted octanol–water partition coefficient (Wildman–Crippen LogP) is 3.23. The number of morpholine rings is 3. The zero-order valence-corrected chi connectivity index (χ0v) is 86.6. The van der Waals surface area contributed by atoms with Crippen molar-refractivity contribution in [3.8, 4) is 17.6 Å². The fourth-order valence-electron chi connectivity index (χ4n) is 13.9. The summed E-state index contributed by atoms with van der Waals surface area (Å²) in [5, 5.41) is 12.5. The Hall–Kier alpha value is -12.5. The third kappa shape index (κ3) is 49.2. The fourth-order valence-corrected chi connectivity index (χ4v) is 15.5. The molecule has 3 saturated heterocycles. The number of rotatable bonds is 63. The molecule has 4 fully saturated rings. The number of hydrogen-bond acceptors (Lipinski definition) is 52. The van der Waals surface area contributed by atoms with Gasteiger partial charge in [0, 0.05) is 107 Å². The highest BCUT2D eigenvalue weighted by Crippen LogP contribution is 2.41. The summed E-state index contributed by atoms with van der Waals surface area (Å²) >= 11 is 2.87. The van der Waals surface area contributed by atoms with Crippen LogP contribution in [0.25, 0.3) is 0 Å². The van der Waals surface area contributed by atoms with Crippen molar-refractivity contribution in [2.45, 2.75) is 206 Å². The fraction of sp³-hybridized carbons (Fsp3) is 0.660. The Bertz CT molecular complexity index is 4930. The number of benzene rings is 1. The number of nitrogens with one attached hydrogen (secondary N) is 4. The van der Waals surface area contributed by atoms with E-state index in [0.29, 0.717) is 116 Å².